The summed E-state index contributed by atoms with van der Waals surface area (Å²) >= 11 is 0. The molecule has 0 saturated carbocycles. The molecule has 2 rings (SSSR count). The Morgan fingerprint density at radius 1 is 1.42 bits per heavy atom. The minimum absolute atomic E-state index is 0.0855. The highest BCUT2D eigenvalue weighted by atomic mass is 16.2. The van der Waals surface area contributed by atoms with E-state index in [-0.39, 0.29) is 11.8 Å². The van der Waals surface area contributed by atoms with Gasteiger partial charge in [-0.05, 0) is 18.1 Å². The van der Waals surface area contributed by atoms with Gasteiger partial charge in [0, 0.05) is 0 Å². The Hall–Kier alpha value is -2.28. The molecule has 19 heavy (non-hydrogen) atoms. The number of nitrogens with one attached hydrogen (secondary N) is 1. The lowest BCUT2D eigenvalue weighted by molar-refractivity contribution is -0.118. The van der Waals surface area contributed by atoms with Crippen molar-refractivity contribution in [1.29, 1.82) is 0 Å². The molecule has 0 fully saturated rings. The van der Waals surface area contributed by atoms with Crippen LogP contribution in [0.4, 0.5) is 5.69 Å². The topological polar surface area (TPSA) is 98.7 Å². The minimum Gasteiger partial charge on any atom is -0.323 e. The van der Waals surface area contributed by atoms with Gasteiger partial charge in [-0.15, -0.1) is 0 Å². The van der Waals surface area contributed by atoms with Crippen molar-refractivity contribution < 1.29 is 4.79 Å². The predicted octanol–water partition coefficient (Wildman–Crippen LogP) is 0.584. The van der Waals surface area contributed by atoms with Crippen molar-refractivity contribution >= 4 is 11.6 Å². The third kappa shape index (κ3) is 3.14. The lowest BCUT2D eigenvalue weighted by Crippen LogP contribution is -2.39. The number of aromatic nitrogens is 4. The number of nitrogens with two attached hydrogens (primary N) is 1. The Morgan fingerprint density at radius 3 is 2.74 bits per heavy atom. The summed E-state index contributed by atoms with van der Waals surface area (Å²) in [5, 5.41) is 6.69. The molecule has 7 nitrogen and oxygen atoms in total. The number of hydrogen-bond acceptors (Lipinski definition) is 5. The molecule has 2 heterocycles. The maximum atomic E-state index is 11.8. The first-order valence-electron chi connectivity index (χ1n) is 5.95. The first-order chi connectivity index (χ1) is 9.08. The van der Waals surface area contributed by atoms with Crippen molar-refractivity contribution in [2.24, 2.45) is 11.7 Å². The van der Waals surface area contributed by atoms with E-state index in [1.165, 1.54) is 11.0 Å². The number of rotatable bonds is 4. The zero-order valence-corrected chi connectivity index (χ0v) is 10.8. The van der Waals surface area contributed by atoms with E-state index >= 15 is 0 Å². The molecule has 0 aromatic carbocycles. The normalized spacial score (nSPS) is 12.4. The lowest BCUT2D eigenvalue weighted by atomic mass is 10.1. The molecule has 2 aromatic heterocycles. The van der Waals surface area contributed by atoms with Gasteiger partial charge in [-0.3, -0.25) is 4.79 Å². The molecule has 0 aliphatic rings. The summed E-state index contributed by atoms with van der Waals surface area (Å²) < 4.78 is 1.53. The van der Waals surface area contributed by atoms with Crippen molar-refractivity contribution in [1.82, 2.24) is 19.7 Å². The van der Waals surface area contributed by atoms with E-state index in [0.29, 0.717) is 11.5 Å². The molecule has 2 aromatic rings. The van der Waals surface area contributed by atoms with E-state index < -0.39 is 6.04 Å². The molecular weight excluding hydrogens is 244 g/mol. The summed E-state index contributed by atoms with van der Waals surface area (Å²) in [6.45, 7) is 3.80. The van der Waals surface area contributed by atoms with Crippen molar-refractivity contribution in [2.45, 2.75) is 19.9 Å². The molecule has 1 atom stereocenters. The van der Waals surface area contributed by atoms with Crippen LogP contribution in [-0.2, 0) is 4.79 Å². The van der Waals surface area contributed by atoms with Crippen LogP contribution in [0.3, 0.4) is 0 Å². The van der Waals surface area contributed by atoms with E-state index in [1.807, 2.05) is 13.8 Å². The first kappa shape index (κ1) is 13.2. The zero-order chi connectivity index (χ0) is 13.8. The monoisotopic (exact) mass is 260 g/mol. The molecule has 1 amide bonds. The average Bonchev–Trinajstić information content (AvgIpc) is 2.92. The van der Waals surface area contributed by atoms with Gasteiger partial charge >= 0.3 is 0 Å². The van der Waals surface area contributed by atoms with Gasteiger partial charge in [0.05, 0.1) is 17.9 Å². The first-order valence-corrected chi connectivity index (χ1v) is 5.95. The fourth-order valence-electron chi connectivity index (χ4n) is 1.45. The highest BCUT2D eigenvalue weighted by Gasteiger charge is 2.17. The number of nitrogens with zero attached hydrogens (tertiary/aromatic N) is 4. The highest BCUT2D eigenvalue weighted by molar-refractivity contribution is 5.94. The second-order valence-electron chi connectivity index (χ2n) is 4.50. The van der Waals surface area contributed by atoms with Gasteiger partial charge in [-0.25, -0.2) is 14.6 Å². The predicted molar refractivity (Wildman–Crippen MR) is 70.6 cm³/mol. The number of amides is 1. The van der Waals surface area contributed by atoms with Crippen molar-refractivity contribution in [2.75, 3.05) is 5.32 Å². The highest BCUT2D eigenvalue weighted by Crippen LogP contribution is 2.10. The molecule has 7 heteroatoms. The summed E-state index contributed by atoms with van der Waals surface area (Å²) in [5.74, 6) is 0.497. The smallest absolute Gasteiger partial charge is 0.241 e. The number of anilines is 1. The lowest BCUT2D eigenvalue weighted by Gasteiger charge is -2.15. The van der Waals surface area contributed by atoms with E-state index in [0.717, 1.165) is 0 Å². The van der Waals surface area contributed by atoms with Crippen molar-refractivity contribution in [3.8, 4) is 5.82 Å². The summed E-state index contributed by atoms with van der Waals surface area (Å²) in [4.78, 5) is 19.8. The quantitative estimate of drug-likeness (QED) is 0.838. The van der Waals surface area contributed by atoms with E-state index in [2.05, 4.69) is 20.4 Å². The van der Waals surface area contributed by atoms with Crippen LogP contribution >= 0.6 is 0 Å². The molecule has 0 aliphatic carbocycles. The van der Waals surface area contributed by atoms with Gasteiger partial charge in [-0.1, -0.05) is 13.8 Å². The van der Waals surface area contributed by atoms with E-state index in [9.17, 15) is 4.79 Å². The Balaban J connectivity index is 2.05. The largest absolute Gasteiger partial charge is 0.323 e. The fourth-order valence-corrected chi connectivity index (χ4v) is 1.45. The molecule has 0 bridgehead atoms. The van der Waals surface area contributed by atoms with Gasteiger partial charge in [0.25, 0.3) is 0 Å². The average molecular weight is 260 g/mol. The SMILES string of the molecule is CC(C)[C@H](N)C(=O)Nc1ccc(-n2cncn2)nc1. The second-order valence-corrected chi connectivity index (χ2v) is 4.50. The molecule has 100 valence electrons. The Bertz CT molecular complexity index is 534. The standard InChI is InChI=1S/C12H16N6O/c1-8(2)11(13)12(19)17-9-3-4-10(15-5-9)18-7-14-6-16-18/h3-8,11H,13H2,1-2H3,(H,17,19)/t11-/m0/s1. The summed E-state index contributed by atoms with van der Waals surface area (Å²) in [5.41, 5.74) is 6.36. The molecule has 0 unspecified atom stereocenters. The van der Waals surface area contributed by atoms with Gasteiger partial charge in [0.1, 0.15) is 12.7 Å². The van der Waals surface area contributed by atoms with Crippen LogP contribution < -0.4 is 11.1 Å². The Labute approximate surface area is 110 Å². The number of carbonyl (C=O) groups excluding carboxylic acids is 1. The number of carbonyl (C=O) groups is 1. The Morgan fingerprint density at radius 2 is 2.21 bits per heavy atom. The third-order valence-corrected chi connectivity index (χ3v) is 2.69. The molecule has 3 N–H and O–H groups in total. The van der Waals surface area contributed by atoms with Crippen LogP contribution in [-0.4, -0.2) is 31.7 Å². The molecular formula is C12H16N6O. The molecule has 0 radical (unpaired) electrons. The number of hydrogen-bond donors (Lipinski definition) is 2. The van der Waals surface area contributed by atoms with Gasteiger partial charge < -0.3 is 11.1 Å². The van der Waals surface area contributed by atoms with Crippen LogP contribution in [0.2, 0.25) is 0 Å². The van der Waals surface area contributed by atoms with Gasteiger partial charge in [-0.2, -0.15) is 5.10 Å². The molecule has 0 saturated heterocycles. The van der Waals surface area contributed by atoms with Crippen LogP contribution in [0.5, 0.6) is 0 Å². The maximum absolute atomic E-state index is 11.8. The van der Waals surface area contributed by atoms with Crippen molar-refractivity contribution in [3.05, 3.63) is 31.0 Å². The summed E-state index contributed by atoms with van der Waals surface area (Å²) in [6, 6.07) is 2.95. The Kier molecular flexibility index (Phi) is 3.86. The van der Waals surface area contributed by atoms with Crippen molar-refractivity contribution in [3.63, 3.8) is 0 Å². The summed E-state index contributed by atoms with van der Waals surface area (Å²) in [7, 11) is 0. The van der Waals surface area contributed by atoms with E-state index in [4.69, 9.17) is 5.73 Å². The molecule has 0 aliphatic heterocycles. The number of pyridine rings is 1. The maximum Gasteiger partial charge on any atom is 0.241 e. The fraction of sp³-hybridized carbons (Fsp3) is 0.333. The third-order valence-electron chi connectivity index (χ3n) is 2.69. The second kappa shape index (κ2) is 5.57. The van der Waals surface area contributed by atoms with Crippen LogP contribution in [0, 0.1) is 5.92 Å². The summed E-state index contributed by atoms with van der Waals surface area (Å²) in [6.07, 6.45) is 4.54. The minimum atomic E-state index is -0.532. The van der Waals surface area contributed by atoms with Gasteiger partial charge in [0.15, 0.2) is 5.82 Å². The zero-order valence-electron chi connectivity index (χ0n) is 10.8. The van der Waals surface area contributed by atoms with E-state index in [1.54, 1.807) is 24.7 Å². The molecule has 0 spiro atoms. The van der Waals surface area contributed by atoms with Crippen LogP contribution in [0.1, 0.15) is 13.8 Å². The van der Waals surface area contributed by atoms with Crippen LogP contribution in [0.15, 0.2) is 31.0 Å². The van der Waals surface area contributed by atoms with Gasteiger partial charge in [0.2, 0.25) is 5.91 Å². The van der Waals surface area contributed by atoms with Crippen LogP contribution in [0.25, 0.3) is 5.82 Å².